The Bertz CT molecular complexity index is 1200. The molecule has 0 aliphatic heterocycles. The fourth-order valence-corrected chi connectivity index (χ4v) is 2.97. The van der Waals surface area contributed by atoms with Crippen molar-refractivity contribution < 1.29 is 9.53 Å². The predicted molar refractivity (Wildman–Crippen MR) is 125 cm³/mol. The molecule has 0 unspecified atom stereocenters. The minimum Gasteiger partial charge on any atom is -0.497 e. The van der Waals surface area contributed by atoms with E-state index < -0.39 is 0 Å². The highest BCUT2D eigenvalue weighted by molar-refractivity contribution is 6.02. The number of carbonyl (C=O) groups excluding carboxylic acids is 1. The molecule has 4 aromatic rings. The van der Waals surface area contributed by atoms with Gasteiger partial charge in [-0.15, -0.1) is 0 Å². The average Bonchev–Trinajstić information content (AvgIpc) is 2.81. The number of aryl methyl sites for hydroxylation is 1. The van der Waals surface area contributed by atoms with Gasteiger partial charge in [0.05, 0.1) is 7.11 Å². The first kappa shape index (κ1) is 20.8. The second-order valence-corrected chi connectivity index (χ2v) is 6.94. The van der Waals surface area contributed by atoms with Gasteiger partial charge in [-0.05, 0) is 67.6 Å². The number of rotatable bonds is 7. The van der Waals surface area contributed by atoms with E-state index in [0.717, 1.165) is 22.8 Å². The molecule has 0 saturated carbocycles. The van der Waals surface area contributed by atoms with Gasteiger partial charge in [-0.25, -0.2) is 4.98 Å². The third-order valence-corrected chi connectivity index (χ3v) is 4.51. The molecule has 0 aliphatic rings. The molecule has 1 amide bonds. The molecule has 160 valence electrons. The summed E-state index contributed by atoms with van der Waals surface area (Å²) in [5, 5.41) is 9.29. The van der Waals surface area contributed by atoms with Crippen LogP contribution in [-0.4, -0.2) is 28.0 Å². The molecule has 0 atom stereocenters. The first-order chi connectivity index (χ1) is 15.6. The molecule has 0 bridgehead atoms. The fraction of sp³-hybridized carbons (Fsp3) is 0.0833. The average molecular weight is 426 g/mol. The number of benzene rings is 2. The molecule has 0 radical (unpaired) electrons. The number of amides is 1. The number of nitrogens with one attached hydrogen (secondary N) is 3. The van der Waals surface area contributed by atoms with Gasteiger partial charge in [0.2, 0.25) is 5.95 Å². The van der Waals surface area contributed by atoms with Crippen LogP contribution >= 0.6 is 0 Å². The number of pyridine rings is 1. The molecule has 4 rings (SSSR count). The Kier molecular flexibility index (Phi) is 6.22. The maximum Gasteiger partial charge on any atom is 0.274 e. The molecule has 3 N–H and O–H groups in total. The van der Waals surface area contributed by atoms with E-state index in [4.69, 9.17) is 4.74 Å². The van der Waals surface area contributed by atoms with Crippen molar-refractivity contribution in [1.82, 2.24) is 15.0 Å². The van der Waals surface area contributed by atoms with E-state index in [-0.39, 0.29) is 5.91 Å². The van der Waals surface area contributed by atoms with E-state index in [9.17, 15) is 4.79 Å². The highest BCUT2D eigenvalue weighted by Crippen LogP contribution is 2.22. The van der Waals surface area contributed by atoms with Gasteiger partial charge in [0.15, 0.2) is 0 Å². The van der Waals surface area contributed by atoms with E-state index in [2.05, 4.69) is 30.9 Å². The van der Waals surface area contributed by atoms with Crippen LogP contribution < -0.4 is 20.7 Å². The van der Waals surface area contributed by atoms with Gasteiger partial charge in [-0.3, -0.25) is 9.78 Å². The molecular weight excluding hydrogens is 404 g/mol. The van der Waals surface area contributed by atoms with Crippen LogP contribution in [-0.2, 0) is 0 Å². The molecule has 8 heteroatoms. The summed E-state index contributed by atoms with van der Waals surface area (Å²) in [6.07, 6.45) is 1.58. The quantitative estimate of drug-likeness (QED) is 0.385. The van der Waals surface area contributed by atoms with Gasteiger partial charge in [-0.2, -0.15) is 4.98 Å². The molecule has 2 heterocycles. The summed E-state index contributed by atoms with van der Waals surface area (Å²) in [4.78, 5) is 25.3. The summed E-state index contributed by atoms with van der Waals surface area (Å²) in [7, 11) is 1.63. The molecule has 8 nitrogen and oxygen atoms in total. The van der Waals surface area contributed by atoms with Crippen LogP contribution in [0.5, 0.6) is 5.75 Å². The third-order valence-electron chi connectivity index (χ3n) is 4.51. The summed E-state index contributed by atoms with van der Waals surface area (Å²) in [6.45, 7) is 1.91. The number of aromatic nitrogens is 3. The molecule has 2 aromatic carbocycles. The zero-order valence-electron chi connectivity index (χ0n) is 17.7. The van der Waals surface area contributed by atoms with E-state index in [1.165, 1.54) is 0 Å². The Morgan fingerprint density at radius 1 is 0.844 bits per heavy atom. The van der Waals surface area contributed by atoms with Crippen LogP contribution in [0, 0.1) is 6.92 Å². The van der Waals surface area contributed by atoms with Crippen molar-refractivity contribution in [3.05, 3.63) is 90.4 Å². The highest BCUT2D eigenvalue weighted by Gasteiger charge is 2.08. The Morgan fingerprint density at radius 2 is 1.53 bits per heavy atom. The van der Waals surface area contributed by atoms with E-state index >= 15 is 0 Å². The molecule has 0 saturated heterocycles. The van der Waals surface area contributed by atoms with Crippen LogP contribution in [0.25, 0.3) is 0 Å². The minimum absolute atomic E-state index is 0.262. The largest absolute Gasteiger partial charge is 0.497 e. The van der Waals surface area contributed by atoms with Crippen LogP contribution in [0.3, 0.4) is 0 Å². The van der Waals surface area contributed by atoms with Crippen LogP contribution in [0.15, 0.2) is 79.0 Å². The summed E-state index contributed by atoms with van der Waals surface area (Å²) in [6, 6.07) is 22.0. The number of ether oxygens (including phenoxy) is 1. The number of carbonyl (C=O) groups is 1. The second-order valence-electron chi connectivity index (χ2n) is 6.94. The minimum atomic E-state index is -0.262. The topological polar surface area (TPSA) is 101 Å². The van der Waals surface area contributed by atoms with Crippen molar-refractivity contribution in [2.45, 2.75) is 6.92 Å². The third kappa shape index (κ3) is 5.37. The number of hydrogen-bond donors (Lipinski definition) is 3. The number of anilines is 5. The molecule has 32 heavy (non-hydrogen) atoms. The Morgan fingerprint density at radius 3 is 2.22 bits per heavy atom. The first-order valence-electron chi connectivity index (χ1n) is 9.95. The van der Waals surface area contributed by atoms with Crippen LogP contribution in [0.4, 0.5) is 28.8 Å². The smallest absolute Gasteiger partial charge is 0.274 e. The van der Waals surface area contributed by atoms with Gasteiger partial charge < -0.3 is 20.7 Å². The fourth-order valence-electron chi connectivity index (χ4n) is 2.97. The lowest BCUT2D eigenvalue weighted by Gasteiger charge is -2.11. The van der Waals surface area contributed by atoms with E-state index in [0.29, 0.717) is 23.1 Å². The molecule has 2 aromatic heterocycles. The number of methoxy groups -OCH3 is 1. The second kappa shape index (κ2) is 9.57. The van der Waals surface area contributed by atoms with E-state index in [1.54, 1.807) is 43.6 Å². The summed E-state index contributed by atoms with van der Waals surface area (Å²) in [5.74, 6) is 1.66. The van der Waals surface area contributed by atoms with E-state index in [1.807, 2.05) is 49.4 Å². The summed E-state index contributed by atoms with van der Waals surface area (Å²) in [5.41, 5.74) is 3.53. The van der Waals surface area contributed by atoms with Gasteiger partial charge in [0.1, 0.15) is 17.3 Å². The number of nitrogens with zero attached hydrogens (tertiary/aromatic N) is 3. The molecule has 0 fully saturated rings. The summed E-state index contributed by atoms with van der Waals surface area (Å²) < 4.78 is 5.19. The molecular formula is C24H22N6O2. The Labute approximate surface area is 185 Å². The Hall–Kier alpha value is -4.46. The normalized spacial score (nSPS) is 10.3. The van der Waals surface area contributed by atoms with Crippen molar-refractivity contribution in [2.24, 2.45) is 0 Å². The van der Waals surface area contributed by atoms with Gasteiger partial charge in [0, 0.05) is 35.0 Å². The van der Waals surface area contributed by atoms with Gasteiger partial charge in [0.25, 0.3) is 5.91 Å². The SMILES string of the molecule is COc1ccc(Nc2cc(C)nc(Nc3ccc(NC(=O)c4ccccn4)cc3)n2)cc1. The van der Waals surface area contributed by atoms with Crippen molar-refractivity contribution in [2.75, 3.05) is 23.1 Å². The lowest BCUT2D eigenvalue weighted by Crippen LogP contribution is -2.13. The van der Waals surface area contributed by atoms with Gasteiger partial charge in [-0.1, -0.05) is 6.07 Å². The summed E-state index contributed by atoms with van der Waals surface area (Å²) >= 11 is 0. The molecule has 0 aliphatic carbocycles. The standard InChI is InChI=1S/C24H22N6O2/c1-16-15-22(27-17-10-12-20(32-2)13-11-17)30-24(26-16)29-19-8-6-18(7-9-19)28-23(31)21-5-3-4-14-25-21/h3-15H,1-2H3,(H,28,31)(H2,26,27,29,30). The lowest BCUT2D eigenvalue weighted by molar-refractivity contribution is 0.102. The first-order valence-corrected chi connectivity index (χ1v) is 9.95. The zero-order chi connectivity index (χ0) is 22.3. The van der Waals surface area contributed by atoms with Gasteiger partial charge >= 0.3 is 0 Å². The van der Waals surface area contributed by atoms with Crippen molar-refractivity contribution in [1.29, 1.82) is 0 Å². The zero-order valence-corrected chi connectivity index (χ0v) is 17.7. The van der Waals surface area contributed by atoms with Crippen molar-refractivity contribution >= 4 is 34.7 Å². The van der Waals surface area contributed by atoms with Crippen molar-refractivity contribution in [3.8, 4) is 5.75 Å². The monoisotopic (exact) mass is 426 g/mol. The lowest BCUT2D eigenvalue weighted by atomic mass is 10.2. The van der Waals surface area contributed by atoms with Crippen LogP contribution in [0.2, 0.25) is 0 Å². The number of hydrogen-bond acceptors (Lipinski definition) is 7. The van der Waals surface area contributed by atoms with Crippen molar-refractivity contribution in [3.63, 3.8) is 0 Å². The highest BCUT2D eigenvalue weighted by atomic mass is 16.5. The molecule has 0 spiro atoms. The Balaban J connectivity index is 1.42. The van der Waals surface area contributed by atoms with Crippen LogP contribution in [0.1, 0.15) is 16.2 Å². The maximum atomic E-state index is 12.2. The maximum absolute atomic E-state index is 12.2. The predicted octanol–water partition coefficient (Wildman–Crippen LogP) is 4.93.